The molecule has 0 radical (unpaired) electrons. The Balaban J connectivity index is 2.61. The molecule has 0 aliphatic heterocycles. The van der Waals surface area contributed by atoms with Gasteiger partial charge in [0.25, 0.3) is 5.91 Å². The van der Waals surface area contributed by atoms with Gasteiger partial charge in [0.1, 0.15) is 5.82 Å². The Hall–Kier alpha value is -1.62. The summed E-state index contributed by atoms with van der Waals surface area (Å²) < 4.78 is 13.2. The van der Waals surface area contributed by atoms with E-state index in [0.29, 0.717) is 13.0 Å². The number of amides is 1. The highest BCUT2D eigenvalue weighted by molar-refractivity contribution is 5.99. The van der Waals surface area contributed by atoms with Gasteiger partial charge in [-0.1, -0.05) is 19.4 Å². The van der Waals surface area contributed by atoms with E-state index in [9.17, 15) is 9.18 Å². The molecule has 0 spiro atoms. The summed E-state index contributed by atoms with van der Waals surface area (Å²) in [6.07, 6.45) is 2.56. The van der Waals surface area contributed by atoms with Gasteiger partial charge in [0.15, 0.2) is 0 Å². The predicted octanol–water partition coefficient (Wildman–Crippen LogP) is 1.94. The van der Waals surface area contributed by atoms with Crippen molar-refractivity contribution in [2.75, 3.05) is 18.9 Å². The van der Waals surface area contributed by atoms with Crippen LogP contribution in [0.15, 0.2) is 18.2 Å². The van der Waals surface area contributed by atoms with Gasteiger partial charge in [-0.15, -0.1) is 0 Å². The van der Waals surface area contributed by atoms with Crippen molar-refractivity contribution >= 4 is 11.6 Å². The van der Waals surface area contributed by atoms with Crippen molar-refractivity contribution < 1.29 is 14.3 Å². The van der Waals surface area contributed by atoms with E-state index in [1.807, 2.05) is 0 Å². The van der Waals surface area contributed by atoms with Crippen LogP contribution < -0.4 is 11.1 Å². The van der Waals surface area contributed by atoms with Gasteiger partial charge in [-0.2, -0.15) is 0 Å². The third-order valence-electron chi connectivity index (χ3n) is 3.08. The van der Waals surface area contributed by atoms with E-state index in [1.54, 1.807) is 0 Å². The Morgan fingerprint density at radius 1 is 1.47 bits per heavy atom. The van der Waals surface area contributed by atoms with Crippen LogP contribution in [0.5, 0.6) is 0 Å². The largest absolute Gasteiger partial charge is 0.396 e. The van der Waals surface area contributed by atoms with E-state index in [2.05, 4.69) is 12.2 Å². The lowest BCUT2D eigenvalue weighted by molar-refractivity contribution is 0.0943. The smallest absolute Gasteiger partial charge is 0.253 e. The molecular formula is C14H21FN2O2. The number of aliphatic hydroxyl groups is 1. The van der Waals surface area contributed by atoms with Crippen LogP contribution in [0, 0.1) is 11.7 Å². The Morgan fingerprint density at radius 2 is 2.21 bits per heavy atom. The number of nitrogen functional groups attached to an aromatic ring is 1. The summed E-state index contributed by atoms with van der Waals surface area (Å²) in [7, 11) is 0. The first-order valence-electron chi connectivity index (χ1n) is 6.53. The Bertz CT molecular complexity index is 418. The van der Waals surface area contributed by atoms with E-state index < -0.39 is 5.82 Å². The highest BCUT2D eigenvalue weighted by atomic mass is 19.1. The van der Waals surface area contributed by atoms with Gasteiger partial charge in [-0.05, 0) is 30.9 Å². The topological polar surface area (TPSA) is 75.3 Å². The molecule has 1 amide bonds. The normalized spacial score (nSPS) is 12.2. The fraction of sp³-hybridized carbons (Fsp3) is 0.500. The lowest BCUT2D eigenvalue weighted by Gasteiger charge is -2.16. The minimum absolute atomic E-state index is 0.0998. The van der Waals surface area contributed by atoms with Crippen molar-refractivity contribution in [2.45, 2.75) is 26.2 Å². The van der Waals surface area contributed by atoms with E-state index in [-0.39, 0.29) is 29.7 Å². The molecule has 0 fully saturated rings. The molecular weight excluding hydrogens is 247 g/mol. The maximum absolute atomic E-state index is 13.2. The van der Waals surface area contributed by atoms with Gasteiger partial charge in [-0.25, -0.2) is 4.39 Å². The van der Waals surface area contributed by atoms with Gasteiger partial charge < -0.3 is 16.2 Å². The van der Waals surface area contributed by atoms with Gasteiger partial charge in [-0.3, -0.25) is 4.79 Å². The number of carbonyl (C=O) groups excluding carboxylic acids is 1. The number of benzene rings is 1. The fourth-order valence-electron chi connectivity index (χ4n) is 2.01. The number of carbonyl (C=O) groups is 1. The molecule has 0 aliphatic rings. The number of rotatable bonds is 7. The standard InChI is InChI=1S/C14H21FN2O2/c1-2-4-10(7-8-18)9-17-14(19)11-5-3-6-12(15)13(11)16/h3,5-6,10,18H,2,4,7-9,16H2,1H3,(H,17,19). The highest BCUT2D eigenvalue weighted by Crippen LogP contribution is 2.16. The third-order valence-corrected chi connectivity index (χ3v) is 3.08. The van der Waals surface area contributed by atoms with Crippen molar-refractivity contribution in [2.24, 2.45) is 5.92 Å². The van der Waals surface area contributed by atoms with Gasteiger partial charge in [0.2, 0.25) is 0 Å². The number of hydrogen-bond acceptors (Lipinski definition) is 3. The second-order valence-corrected chi connectivity index (χ2v) is 4.58. The van der Waals surface area contributed by atoms with Gasteiger partial charge in [0, 0.05) is 13.2 Å². The number of halogens is 1. The summed E-state index contributed by atoms with van der Waals surface area (Å²) in [5, 5.41) is 11.7. The molecule has 5 heteroatoms. The van der Waals surface area contributed by atoms with E-state index in [1.165, 1.54) is 18.2 Å². The lowest BCUT2D eigenvalue weighted by Crippen LogP contribution is -2.30. The maximum atomic E-state index is 13.2. The number of anilines is 1. The first-order valence-corrected chi connectivity index (χ1v) is 6.53. The van der Waals surface area contributed by atoms with Gasteiger partial charge >= 0.3 is 0 Å². The maximum Gasteiger partial charge on any atom is 0.253 e. The molecule has 1 rings (SSSR count). The van der Waals surface area contributed by atoms with Crippen molar-refractivity contribution in [1.82, 2.24) is 5.32 Å². The summed E-state index contributed by atoms with van der Waals surface area (Å²) in [4.78, 5) is 11.9. The van der Waals surface area contributed by atoms with Crippen molar-refractivity contribution in [3.63, 3.8) is 0 Å². The molecule has 0 saturated carbocycles. The van der Waals surface area contributed by atoms with Crippen LogP contribution in [0.25, 0.3) is 0 Å². The molecule has 0 aliphatic carbocycles. The monoisotopic (exact) mass is 268 g/mol. The highest BCUT2D eigenvalue weighted by Gasteiger charge is 2.14. The number of nitrogens with two attached hydrogens (primary N) is 1. The number of hydrogen-bond donors (Lipinski definition) is 3. The Kier molecular flexibility index (Phi) is 6.29. The molecule has 1 unspecified atom stereocenters. The molecule has 0 bridgehead atoms. The zero-order chi connectivity index (χ0) is 14.3. The first-order chi connectivity index (χ1) is 9.10. The second-order valence-electron chi connectivity index (χ2n) is 4.58. The molecule has 1 aromatic rings. The van der Waals surface area contributed by atoms with Crippen LogP contribution in [0.4, 0.5) is 10.1 Å². The molecule has 4 N–H and O–H groups in total. The number of para-hydroxylation sites is 1. The lowest BCUT2D eigenvalue weighted by atomic mass is 10.00. The van der Waals surface area contributed by atoms with E-state index >= 15 is 0 Å². The minimum Gasteiger partial charge on any atom is -0.396 e. The van der Waals surface area contributed by atoms with Crippen molar-refractivity contribution in [3.8, 4) is 0 Å². The van der Waals surface area contributed by atoms with E-state index in [4.69, 9.17) is 10.8 Å². The average Bonchev–Trinajstić information content (AvgIpc) is 2.39. The Morgan fingerprint density at radius 3 is 2.84 bits per heavy atom. The summed E-state index contributed by atoms with van der Waals surface area (Å²) in [5.74, 6) is -0.738. The fourth-order valence-corrected chi connectivity index (χ4v) is 2.01. The molecule has 0 aromatic heterocycles. The predicted molar refractivity (Wildman–Crippen MR) is 73.2 cm³/mol. The number of aliphatic hydroxyl groups excluding tert-OH is 1. The van der Waals surface area contributed by atoms with Crippen molar-refractivity contribution in [3.05, 3.63) is 29.6 Å². The molecule has 19 heavy (non-hydrogen) atoms. The molecule has 106 valence electrons. The zero-order valence-electron chi connectivity index (χ0n) is 11.2. The molecule has 4 nitrogen and oxygen atoms in total. The summed E-state index contributed by atoms with van der Waals surface area (Å²) in [6.45, 7) is 2.61. The molecule has 1 atom stereocenters. The SMILES string of the molecule is CCCC(CCO)CNC(=O)c1cccc(F)c1N. The zero-order valence-corrected chi connectivity index (χ0v) is 11.2. The van der Waals surface area contributed by atoms with Crippen molar-refractivity contribution in [1.29, 1.82) is 0 Å². The molecule has 1 aromatic carbocycles. The van der Waals surface area contributed by atoms with Crippen LogP contribution >= 0.6 is 0 Å². The van der Waals surface area contributed by atoms with Gasteiger partial charge in [0.05, 0.1) is 11.3 Å². The van der Waals surface area contributed by atoms with Crippen LogP contribution in [0.2, 0.25) is 0 Å². The second kappa shape index (κ2) is 7.74. The summed E-state index contributed by atoms with van der Waals surface area (Å²) in [5.41, 5.74) is 5.55. The van der Waals surface area contributed by atoms with Crippen LogP contribution in [0.3, 0.4) is 0 Å². The number of nitrogens with one attached hydrogen (secondary N) is 1. The molecule has 0 saturated heterocycles. The quantitative estimate of drug-likeness (QED) is 0.661. The van der Waals surface area contributed by atoms with E-state index in [0.717, 1.165) is 12.8 Å². The first kappa shape index (κ1) is 15.4. The summed E-state index contributed by atoms with van der Waals surface area (Å²) >= 11 is 0. The Labute approximate surface area is 112 Å². The minimum atomic E-state index is -0.590. The van der Waals surface area contributed by atoms with Crippen LogP contribution in [-0.2, 0) is 0 Å². The average molecular weight is 268 g/mol. The summed E-state index contributed by atoms with van der Waals surface area (Å²) in [6, 6.07) is 4.17. The van der Waals surface area contributed by atoms with Crippen LogP contribution in [0.1, 0.15) is 36.5 Å². The molecule has 0 heterocycles. The van der Waals surface area contributed by atoms with Crippen LogP contribution in [-0.4, -0.2) is 24.2 Å². The third kappa shape index (κ3) is 4.52.